The van der Waals surface area contributed by atoms with Gasteiger partial charge in [-0.2, -0.15) is 0 Å². The second-order valence-electron chi connectivity index (χ2n) is 5.64. The van der Waals surface area contributed by atoms with Crippen molar-refractivity contribution in [3.8, 4) is 0 Å². The molecule has 1 N–H and O–H groups in total. The summed E-state index contributed by atoms with van der Waals surface area (Å²) in [5.74, 6) is 0.0496. The number of nitrogens with one attached hydrogen (secondary N) is 1. The summed E-state index contributed by atoms with van der Waals surface area (Å²) in [5, 5.41) is 6.94. The normalized spacial score (nSPS) is 21.9. The highest BCUT2D eigenvalue weighted by atomic mass is 32.1. The summed E-state index contributed by atoms with van der Waals surface area (Å²) in [4.78, 5) is 27.2. The topological polar surface area (TPSA) is 46.2 Å². The third-order valence-electron chi connectivity index (χ3n) is 4.21. The van der Waals surface area contributed by atoms with E-state index >= 15 is 0 Å². The molecule has 5 heteroatoms. The van der Waals surface area contributed by atoms with Crippen LogP contribution in [0.4, 0.5) is 0 Å². The van der Waals surface area contributed by atoms with Gasteiger partial charge < -0.3 is 5.32 Å². The van der Waals surface area contributed by atoms with Gasteiger partial charge in [0.05, 0.1) is 16.8 Å². The number of rotatable bonds is 2. The van der Waals surface area contributed by atoms with Crippen LogP contribution < -0.4 is 5.32 Å². The Morgan fingerprint density at radius 3 is 2.17 bits per heavy atom. The molecule has 3 heterocycles. The van der Waals surface area contributed by atoms with Gasteiger partial charge in [-0.15, -0.1) is 22.7 Å². The van der Waals surface area contributed by atoms with Gasteiger partial charge in [0.25, 0.3) is 5.91 Å². The Labute approximate surface area is 142 Å². The summed E-state index contributed by atoms with van der Waals surface area (Å²) in [6.45, 7) is 0. The largest absolute Gasteiger partial charge is 0.321 e. The third kappa shape index (κ3) is 2.50. The van der Waals surface area contributed by atoms with Gasteiger partial charge in [-0.05, 0) is 47.7 Å². The first-order valence-corrected chi connectivity index (χ1v) is 9.41. The van der Waals surface area contributed by atoms with Gasteiger partial charge in [0.15, 0.2) is 5.78 Å². The summed E-state index contributed by atoms with van der Waals surface area (Å²) < 4.78 is 0. The lowest BCUT2D eigenvalue weighted by Crippen LogP contribution is -2.19. The minimum absolute atomic E-state index is 0.0822. The van der Waals surface area contributed by atoms with Crippen molar-refractivity contribution in [2.24, 2.45) is 0 Å². The Hall–Kier alpha value is -1.98. The maximum Gasteiger partial charge on any atom is 0.257 e. The molecule has 0 aromatic carbocycles. The lowest BCUT2D eigenvalue weighted by Gasteiger charge is -2.16. The fourth-order valence-corrected chi connectivity index (χ4v) is 4.78. The monoisotopic (exact) mass is 341 g/mol. The maximum absolute atomic E-state index is 12.7. The molecule has 1 aliphatic carbocycles. The van der Waals surface area contributed by atoms with Gasteiger partial charge in [0, 0.05) is 16.2 Å². The predicted octanol–water partition coefficient (Wildman–Crippen LogP) is 4.25. The van der Waals surface area contributed by atoms with Gasteiger partial charge >= 0.3 is 0 Å². The highest BCUT2D eigenvalue weighted by Crippen LogP contribution is 2.40. The number of hydrogen-bond acceptors (Lipinski definition) is 4. The van der Waals surface area contributed by atoms with Crippen molar-refractivity contribution in [1.29, 1.82) is 0 Å². The predicted molar refractivity (Wildman–Crippen MR) is 94.1 cm³/mol. The number of allylic oxidation sites excluding steroid dienone is 2. The van der Waals surface area contributed by atoms with Crippen LogP contribution in [0, 0.1) is 0 Å². The number of thiophene rings is 2. The van der Waals surface area contributed by atoms with E-state index in [0.29, 0.717) is 12.0 Å². The van der Waals surface area contributed by atoms with E-state index in [0.717, 1.165) is 45.9 Å². The highest BCUT2D eigenvalue weighted by molar-refractivity contribution is 7.12. The molecule has 0 radical (unpaired) electrons. The first-order valence-electron chi connectivity index (χ1n) is 7.66. The molecule has 2 aromatic heterocycles. The van der Waals surface area contributed by atoms with Crippen molar-refractivity contribution in [1.82, 2.24) is 5.32 Å². The molecule has 4 rings (SSSR count). The minimum Gasteiger partial charge on any atom is -0.321 e. The number of amides is 1. The summed E-state index contributed by atoms with van der Waals surface area (Å²) in [5.41, 5.74) is 3.19. The molecule has 0 atom stereocenters. The molecule has 0 bridgehead atoms. The smallest absolute Gasteiger partial charge is 0.257 e. The van der Waals surface area contributed by atoms with Gasteiger partial charge in [-0.3, -0.25) is 9.59 Å². The summed E-state index contributed by atoms with van der Waals surface area (Å²) in [7, 11) is 0. The lowest BCUT2D eigenvalue weighted by atomic mass is 9.91. The first kappa shape index (κ1) is 14.6. The molecule has 23 heavy (non-hydrogen) atoms. The molecule has 1 aliphatic heterocycles. The van der Waals surface area contributed by atoms with Gasteiger partial charge in [0.1, 0.15) is 0 Å². The van der Waals surface area contributed by atoms with Crippen LogP contribution in [0.2, 0.25) is 0 Å². The second kappa shape index (κ2) is 5.91. The number of carbonyl (C=O) groups is 2. The van der Waals surface area contributed by atoms with E-state index in [-0.39, 0.29) is 11.7 Å². The van der Waals surface area contributed by atoms with Crippen LogP contribution >= 0.6 is 22.7 Å². The van der Waals surface area contributed by atoms with E-state index < -0.39 is 0 Å². The number of hydrogen-bond donors (Lipinski definition) is 1. The van der Waals surface area contributed by atoms with Crippen molar-refractivity contribution >= 4 is 45.5 Å². The third-order valence-corrected chi connectivity index (χ3v) is 5.99. The molecule has 2 aromatic rings. The molecule has 1 amide bonds. The minimum atomic E-state index is -0.0822. The first-order chi connectivity index (χ1) is 11.3. The van der Waals surface area contributed by atoms with Crippen molar-refractivity contribution in [3.05, 3.63) is 56.1 Å². The molecule has 0 unspecified atom stereocenters. The average Bonchev–Trinajstić information content (AvgIpc) is 3.24. The van der Waals surface area contributed by atoms with Crippen LogP contribution in [0.3, 0.4) is 0 Å². The molecular weight excluding hydrogens is 326 g/mol. The zero-order valence-electron chi connectivity index (χ0n) is 12.4. The summed E-state index contributed by atoms with van der Waals surface area (Å²) in [6.07, 6.45) is 3.19. The Morgan fingerprint density at radius 1 is 0.870 bits per heavy atom. The standard InChI is InChI=1S/C18H15NO2S2/c20-12-6-2-1-5-11-15(13-7-3-9-22-13)18(21)19-17(11)16(12)14-8-4-10-23-14/h3-4,7-10H,1-2,5-6H2,(H,19,21)/b17-16-. The van der Waals surface area contributed by atoms with Crippen LogP contribution in [-0.2, 0) is 9.59 Å². The van der Waals surface area contributed by atoms with E-state index in [1.54, 1.807) is 22.7 Å². The van der Waals surface area contributed by atoms with Crippen molar-refractivity contribution in [2.45, 2.75) is 25.7 Å². The molecule has 0 fully saturated rings. The van der Waals surface area contributed by atoms with Crippen molar-refractivity contribution in [2.75, 3.05) is 0 Å². The van der Waals surface area contributed by atoms with Crippen LogP contribution in [0.15, 0.2) is 46.3 Å². The number of ketones is 1. The van der Waals surface area contributed by atoms with Crippen LogP contribution in [0.25, 0.3) is 11.1 Å². The quantitative estimate of drug-likeness (QED) is 0.888. The molecule has 0 saturated heterocycles. The van der Waals surface area contributed by atoms with Crippen LogP contribution in [0.1, 0.15) is 35.4 Å². The van der Waals surface area contributed by atoms with Gasteiger partial charge in [-0.1, -0.05) is 12.1 Å². The Bertz CT molecular complexity index is 827. The average molecular weight is 341 g/mol. The van der Waals surface area contributed by atoms with Gasteiger partial charge in [0.2, 0.25) is 0 Å². The van der Waals surface area contributed by atoms with E-state index in [2.05, 4.69) is 5.32 Å². The molecular formula is C18H15NO2S2. The highest BCUT2D eigenvalue weighted by Gasteiger charge is 2.34. The molecule has 2 aliphatic rings. The Morgan fingerprint density at radius 2 is 1.52 bits per heavy atom. The molecule has 0 saturated carbocycles. The number of carbonyl (C=O) groups excluding carboxylic acids is 2. The Balaban J connectivity index is 1.97. The van der Waals surface area contributed by atoms with Crippen molar-refractivity contribution in [3.63, 3.8) is 0 Å². The second-order valence-corrected chi connectivity index (χ2v) is 7.54. The maximum atomic E-state index is 12.7. The zero-order chi connectivity index (χ0) is 15.8. The van der Waals surface area contributed by atoms with E-state index in [4.69, 9.17) is 0 Å². The van der Waals surface area contributed by atoms with E-state index in [1.807, 2.05) is 35.0 Å². The Kier molecular flexibility index (Phi) is 3.75. The van der Waals surface area contributed by atoms with E-state index in [1.165, 1.54) is 0 Å². The van der Waals surface area contributed by atoms with Crippen molar-refractivity contribution < 1.29 is 9.59 Å². The molecule has 116 valence electrons. The molecule has 3 nitrogen and oxygen atoms in total. The summed E-state index contributed by atoms with van der Waals surface area (Å²) >= 11 is 3.12. The fraction of sp³-hybridized carbons (Fsp3) is 0.222. The number of Topliss-reactive ketones (excluding diaryl/α,β-unsaturated/α-hetero) is 1. The van der Waals surface area contributed by atoms with Crippen LogP contribution in [-0.4, -0.2) is 11.7 Å². The van der Waals surface area contributed by atoms with Crippen LogP contribution in [0.5, 0.6) is 0 Å². The summed E-state index contributed by atoms with van der Waals surface area (Å²) in [6, 6.07) is 7.83. The fourth-order valence-electron chi connectivity index (χ4n) is 3.19. The van der Waals surface area contributed by atoms with E-state index in [9.17, 15) is 9.59 Å². The number of fused-ring (bicyclic) bond motifs is 1. The molecule has 0 spiro atoms. The zero-order valence-corrected chi connectivity index (χ0v) is 14.1. The van der Waals surface area contributed by atoms with Gasteiger partial charge in [-0.25, -0.2) is 0 Å². The SMILES string of the molecule is O=C1N/C2=C(\c3cccs3)C(=O)CCCCC2=C1c1cccs1. The lowest BCUT2D eigenvalue weighted by molar-refractivity contribution is -0.114.